The van der Waals surface area contributed by atoms with Crippen LogP contribution < -0.4 is 16.1 Å². The van der Waals surface area contributed by atoms with Gasteiger partial charge in [-0.1, -0.05) is 19.3 Å². The zero-order chi connectivity index (χ0) is 19.6. The number of carbonyl (C=O) groups is 2. The van der Waals surface area contributed by atoms with Gasteiger partial charge >= 0.3 is 5.97 Å². The second kappa shape index (κ2) is 7.77. The first-order chi connectivity index (χ1) is 12.9. The summed E-state index contributed by atoms with van der Waals surface area (Å²) in [6, 6.07) is 2.69. The number of benzene rings is 1. The number of aromatic carboxylic acids is 1. The number of rotatable bonds is 5. The monoisotopic (exact) mass is 375 g/mol. The molecule has 3 N–H and O–H groups in total. The maximum atomic E-state index is 14.6. The van der Waals surface area contributed by atoms with E-state index < -0.39 is 22.8 Å². The molecule has 0 saturated heterocycles. The number of hydrogen-bond donors (Lipinski definition) is 3. The Morgan fingerprint density at radius 1 is 1.26 bits per heavy atom. The predicted molar refractivity (Wildman–Crippen MR) is 99.7 cm³/mol. The van der Waals surface area contributed by atoms with E-state index in [4.69, 9.17) is 0 Å². The number of likely N-dealkylation sites (N-methyl/N-ethyl adjacent to an activating group) is 1. The summed E-state index contributed by atoms with van der Waals surface area (Å²) in [4.78, 5) is 35.6. The summed E-state index contributed by atoms with van der Waals surface area (Å²) in [7, 11) is 1.46. The third kappa shape index (κ3) is 3.94. The van der Waals surface area contributed by atoms with Gasteiger partial charge in [-0.15, -0.1) is 0 Å². The smallest absolute Gasteiger partial charge is 0.341 e. The molecule has 0 bridgehead atoms. The van der Waals surface area contributed by atoms with E-state index in [9.17, 15) is 23.9 Å². The van der Waals surface area contributed by atoms with E-state index in [2.05, 4.69) is 10.6 Å². The Balaban J connectivity index is 2.13. The van der Waals surface area contributed by atoms with E-state index in [0.29, 0.717) is 5.52 Å². The largest absolute Gasteiger partial charge is 0.477 e. The Hall–Kier alpha value is -2.90. The SMILES string of the molecule is CNC(=O)Cn1cc(C(=O)O)c(=O)c2cc(F)c(NC3CCCCC3)cc21. The van der Waals surface area contributed by atoms with Crippen molar-refractivity contribution in [1.82, 2.24) is 9.88 Å². The minimum atomic E-state index is -1.42. The molecule has 1 heterocycles. The fraction of sp³-hybridized carbons (Fsp3) is 0.421. The topological polar surface area (TPSA) is 100 Å². The van der Waals surface area contributed by atoms with E-state index >= 15 is 0 Å². The highest BCUT2D eigenvalue weighted by atomic mass is 19.1. The van der Waals surface area contributed by atoms with Crippen LogP contribution >= 0.6 is 0 Å². The van der Waals surface area contributed by atoms with E-state index in [1.807, 2.05) is 0 Å². The molecule has 1 aromatic heterocycles. The van der Waals surface area contributed by atoms with E-state index in [1.165, 1.54) is 24.1 Å². The average molecular weight is 375 g/mol. The molecule has 0 atom stereocenters. The average Bonchev–Trinajstić information content (AvgIpc) is 2.65. The van der Waals surface area contributed by atoms with Crippen molar-refractivity contribution in [3.63, 3.8) is 0 Å². The lowest BCUT2D eigenvalue weighted by molar-refractivity contribution is -0.121. The summed E-state index contributed by atoms with van der Waals surface area (Å²) < 4.78 is 16.0. The van der Waals surface area contributed by atoms with Gasteiger partial charge in [0.1, 0.15) is 17.9 Å². The molecule has 1 amide bonds. The molecule has 3 rings (SSSR count). The van der Waals surface area contributed by atoms with Gasteiger partial charge in [0.2, 0.25) is 11.3 Å². The van der Waals surface area contributed by atoms with E-state index in [-0.39, 0.29) is 29.6 Å². The molecule has 1 aliphatic carbocycles. The molecule has 0 radical (unpaired) electrons. The van der Waals surface area contributed by atoms with Crippen LogP contribution in [-0.2, 0) is 11.3 Å². The summed E-state index contributed by atoms with van der Waals surface area (Å²) in [5, 5.41) is 14.8. The van der Waals surface area contributed by atoms with Crippen molar-refractivity contribution in [2.75, 3.05) is 12.4 Å². The van der Waals surface area contributed by atoms with Crippen LogP contribution in [0.25, 0.3) is 10.9 Å². The highest BCUT2D eigenvalue weighted by molar-refractivity contribution is 5.94. The van der Waals surface area contributed by atoms with Crippen molar-refractivity contribution < 1.29 is 19.1 Å². The van der Waals surface area contributed by atoms with Crippen molar-refractivity contribution in [3.05, 3.63) is 39.9 Å². The molecule has 1 saturated carbocycles. The van der Waals surface area contributed by atoms with Crippen LogP contribution in [0.2, 0.25) is 0 Å². The standard InChI is InChI=1S/C19H22FN3O4/c1-21-17(24)10-23-9-13(19(26)27)18(25)12-7-14(20)15(8-16(12)23)22-11-5-3-2-4-6-11/h7-9,11,22H,2-6,10H2,1H3,(H,21,24)(H,26,27). The summed E-state index contributed by atoms with van der Waals surface area (Å²) in [6.07, 6.45) is 6.35. The molecule has 0 aliphatic heterocycles. The molecule has 0 unspecified atom stereocenters. The maximum absolute atomic E-state index is 14.6. The van der Waals surface area contributed by atoms with Gasteiger partial charge in [0.05, 0.1) is 11.2 Å². The zero-order valence-corrected chi connectivity index (χ0v) is 15.0. The fourth-order valence-corrected chi connectivity index (χ4v) is 3.50. The molecule has 27 heavy (non-hydrogen) atoms. The molecule has 7 nitrogen and oxygen atoms in total. The number of halogens is 1. The van der Waals surface area contributed by atoms with Crippen molar-refractivity contribution in [2.24, 2.45) is 0 Å². The van der Waals surface area contributed by atoms with Crippen LogP contribution in [0.1, 0.15) is 42.5 Å². The van der Waals surface area contributed by atoms with Gasteiger partial charge in [0, 0.05) is 24.7 Å². The number of carboxylic acid groups (broad SMARTS) is 1. The Kier molecular flexibility index (Phi) is 5.43. The number of aromatic nitrogens is 1. The van der Waals surface area contributed by atoms with Gasteiger partial charge in [0.25, 0.3) is 0 Å². The number of nitrogens with zero attached hydrogens (tertiary/aromatic N) is 1. The molecule has 1 aliphatic rings. The van der Waals surface area contributed by atoms with Crippen LogP contribution in [0.4, 0.5) is 10.1 Å². The minimum absolute atomic E-state index is 0.0644. The maximum Gasteiger partial charge on any atom is 0.341 e. The number of fused-ring (bicyclic) bond motifs is 1. The molecule has 1 aromatic carbocycles. The number of hydrogen-bond acceptors (Lipinski definition) is 4. The minimum Gasteiger partial charge on any atom is -0.477 e. The number of pyridine rings is 1. The third-order valence-electron chi connectivity index (χ3n) is 4.96. The van der Waals surface area contributed by atoms with E-state index in [1.54, 1.807) is 0 Å². The van der Waals surface area contributed by atoms with Crippen molar-refractivity contribution in [3.8, 4) is 0 Å². The van der Waals surface area contributed by atoms with Gasteiger partial charge < -0.3 is 20.3 Å². The lowest BCUT2D eigenvalue weighted by Crippen LogP contribution is -2.27. The number of amides is 1. The summed E-state index contributed by atoms with van der Waals surface area (Å²) in [5.41, 5.74) is -0.705. The first kappa shape index (κ1) is 18.9. The van der Waals surface area contributed by atoms with Crippen LogP contribution in [0.5, 0.6) is 0 Å². The number of carbonyl (C=O) groups excluding carboxylic acids is 1. The molecule has 0 spiro atoms. The molecule has 144 valence electrons. The zero-order valence-electron chi connectivity index (χ0n) is 15.0. The van der Waals surface area contributed by atoms with Crippen LogP contribution in [0, 0.1) is 5.82 Å². The molecular formula is C19H22FN3O4. The summed E-state index contributed by atoms with van der Waals surface area (Å²) in [5.74, 6) is -2.39. The van der Waals surface area contributed by atoms with E-state index in [0.717, 1.165) is 37.9 Å². The number of carboxylic acids is 1. The lowest BCUT2D eigenvalue weighted by Gasteiger charge is -2.24. The van der Waals surface area contributed by atoms with Crippen molar-refractivity contribution >= 4 is 28.5 Å². The van der Waals surface area contributed by atoms with Gasteiger partial charge in [-0.25, -0.2) is 9.18 Å². The normalized spacial score (nSPS) is 14.9. The van der Waals surface area contributed by atoms with Gasteiger partial charge in [0.15, 0.2) is 0 Å². The van der Waals surface area contributed by atoms with Gasteiger partial charge in [-0.3, -0.25) is 9.59 Å². The first-order valence-electron chi connectivity index (χ1n) is 8.98. The number of nitrogens with one attached hydrogen (secondary N) is 2. The summed E-state index contributed by atoms with van der Waals surface area (Å²) >= 11 is 0. The Labute approximate surface area is 155 Å². The Morgan fingerprint density at radius 3 is 2.59 bits per heavy atom. The summed E-state index contributed by atoms with van der Waals surface area (Å²) in [6.45, 7) is -0.179. The second-order valence-corrected chi connectivity index (χ2v) is 6.81. The lowest BCUT2D eigenvalue weighted by atomic mass is 9.95. The Morgan fingerprint density at radius 2 is 1.96 bits per heavy atom. The van der Waals surface area contributed by atoms with Crippen LogP contribution in [0.3, 0.4) is 0 Å². The molecule has 1 fully saturated rings. The van der Waals surface area contributed by atoms with Crippen molar-refractivity contribution in [1.29, 1.82) is 0 Å². The highest BCUT2D eigenvalue weighted by Gasteiger charge is 2.20. The van der Waals surface area contributed by atoms with Gasteiger partial charge in [-0.05, 0) is 25.0 Å². The molecule has 8 heteroatoms. The quantitative estimate of drug-likeness (QED) is 0.745. The fourth-order valence-electron chi connectivity index (χ4n) is 3.50. The van der Waals surface area contributed by atoms with Crippen molar-refractivity contribution in [2.45, 2.75) is 44.7 Å². The second-order valence-electron chi connectivity index (χ2n) is 6.81. The number of anilines is 1. The van der Waals surface area contributed by atoms with Crippen LogP contribution in [0.15, 0.2) is 23.1 Å². The Bertz CT molecular complexity index is 948. The van der Waals surface area contributed by atoms with Gasteiger partial charge in [-0.2, -0.15) is 0 Å². The van der Waals surface area contributed by atoms with Crippen LogP contribution in [-0.4, -0.2) is 34.6 Å². The highest BCUT2D eigenvalue weighted by Crippen LogP contribution is 2.26. The molecular weight excluding hydrogens is 353 g/mol. The molecule has 2 aromatic rings. The first-order valence-corrected chi connectivity index (χ1v) is 8.98. The predicted octanol–water partition coefficient (Wildman–Crippen LogP) is 2.33. The third-order valence-corrected chi connectivity index (χ3v) is 4.96.